The van der Waals surface area contributed by atoms with Crippen molar-refractivity contribution in [1.29, 1.82) is 0 Å². The van der Waals surface area contributed by atoms with Gasteiger partial charge in [-0.15, -0.1) is 0 Å². The molecule has 2 aromatic rings. The molecule has 0 bridgehead atoms. The van der Waals surface area contributed by atoms with Crippen LogP contribution in [0.25, 0.3) is 0 Å². The van der Waals surface area contributed by atoms with Gasteiger partial charge in [-0.3, -0.25) is 4.79 Å². The van der Waals surface area contributed by atoms with Crippen molar-refractivity contribution in [2.75, 3.05) is 14.2 Å². The van der Waals surface area contributed by atoms with Gasteiger partial charge in [0.1, 0.15) is 23.0 Å². The lowest BCUT2D eigenvalue weighted by Gasteiger charge is -2.07. The van der Waals surface area contributed by atoms with E-state index in [0.717, 1.165) is 0 Å². The van der Waals surface area contributed by atoms with Crippen molar-refractivity contribution in [3.05, 3.63) is 47.5 Å². The van der Waals surface area contributed by atoms with Crippen molar-refractivity contribution >= 4 is 5.78 Å². The Bertz CT molecular complexity index is 589. The Balaban J connectivity index is 2.43. The maximum absolute atomic E-state index is 12.3. The molecule has 0 fully saturated rings. The number of nitrogens with zero attached hydrogens (tertiary/aromatic N) is 2. The molecule has 2 rings (SSSR count). The van der Waals surface area contributed by atoms with E-state index in [-0.39, 0.29) is 5.78 Å². The third kappa shape index (κ3) is 2.88. The molecule has 0 aliphatic carbocycles. The van der Waals surface area contributed by atoms with E-state index in [2.05, 4.69) is 9.97 Å². The van der Waals surface area contributed by atoms with Crippen molar-refractivity contribution < 1.29 is 14.3 Å². The Labute approximate surface area is 111 Å². The van der Waals surface area contributed by atoms with Crippen molar-refractivity contribution in [2.24, 2.45) is 0 Å². The van der Waals surface area contributed by atoms with Gasteiger partial charge >= 0.3 is 0 Å². The first kappa shape index (κ1) is 13.0. The zero-order chi connectivity index (χ0) is 13.8. The molecule has 0 aliphatic rings. The number of aryl methyl sites for hydroxylation is 1. The summed E-state index contributed by atoms with van der Waals surface area (Å²) >= 11 is 0. The van der Waals surface area contributed by atoms with Crippen LogP contribution in [0.5, 0.6) is 11.5 Å². The van der Waals surface area contributed by atoms with E-state index < -0.39 is 0 Å². The Hall–Kier alpha value is -2.43. The van der Waals surface area contributed by atoms with Crippen molar-refractivity contribution in [2.45, 2.75) is 6.92 Å². The highest BCUT2D eigenvalue weighted by atomic mass is 16.5. The number of ketones is 1. The van der Waals surface area contributed by atoms with Crippen LogP contribution < -0.4 is 9.47 Å². The molecule has 1 aromatic heterocycles. The number of carbonyl (C=O) groups is 1. The minimum Gasteiger partial charge on any atom is -0.497 e. The van der Waals surface area contributed by atoms with Gasteiger partial charge in [-0.1, -0.05) is 0 Å². The number of rotatable bonds is 4. The molecule has 5 nitrogen and oxygen atoms in total. The molecule has 1 heterocycles. The fourth-order valence-corrected chi connectivity index (χ4v) is 1.67. The molecule has 0 saturated heterocycles. The zero-order valence-corrected chi connectivity index (χ0v) is 11.0. The van der Waals surface area contributed by atoms with E-state index >= 15 is 0 Å². The van der Waals surface area contributed by atoms with Crippen molar-refractivity contribution in [3.8, 4) is 11.5 Å². The van der Waals surface area contributed by atoms with Crippen LogP contribution in [0.4, 0.5) is 0 Å². The molecule has 98 valence electrons. The van der Waals surface area contributed by atoms with Gasteiger partial charge in [-0.2, -0.15) is 0 Å². The summed E-state index contributed by atoms with van der Waals surface area (Å²) in [6.07, 6.45) is 1.56. The second-order valence-electron chi connectivity index (χ2n) is 3.92. The molecule has 0 radical (unpaired) electrons. The molecule has 1 aromatic carbocycles. The van der Waals surface area contributed by atoms with Crippen LogP contribution >= 0.6 is 0 Å². The normalized spacial score (nSPS) is 10.1. The molecule has 5 heteroatoms. The van der Waals surface area contributed by atoms with E-state index in [1.54, 1.807) is 37.4 Å². The fourth-order valence-electron chi connectivity index (χ4n) is 1.67. The Morgan fingerprint density at radius 2 is 1.74 bits per heavy atom. The third-order valence-corrected chi connectivity index (χ3v) is 2.62. The molecule has 0 N–H and O–H groups in total. The van der Waals surface area contributed by atoms with Crippen LogP contribution in [0.1, 0.15) is 21.9 Å². The first-order valence-corrected chi connectivity index (χ1v) is 5.71. The van der Waals surface area contributed by atoms with Gasteiger partial charge in [0.2, 0.25) is 5.78 Å². The highest BCUT2D eigenvalue weighted by Gasteiger charge is 2.13. The molecule has 0 spiro atoms. The summed E-state index contributed by atoms with van der Waals surface area (Å²) < 4.78 is 10.3. The summed E-state index contributed by atoms with van der Waals surface area (Å²) in [5.41, 5.74) is 0.817. The molecule has 0 atom stereocenters. The van der Waals surface area contributed by atoms with E-state index in [9.17, 15) is 4.79 Å². The quantitative estimate of drug-likeness (QED) is 0.785. The molecule has 0 aliphatic heterocycles. The highest BCUT2D eigenvalue weighted by molar-refractivity contribution is 6.08. The van der Waals surface area contributed by atoms with E-state index in [1.807, 2.05) is 0 Å². The van der Waals surface area contributed by atoms with Crippen LogP contribution in [0.15, 0.2) is 30.5 Å². The van der Waals surface area contributed by atoms with E-state index in [1.165, 1.54) is 14.2 Å². The standard InChI is InChI=1S/C14H14N2O3/c1-9-15-5-4-13(16-9)14(17)10-6-11(18-2)8-12(7-10)19-3/h4-8H,1-3H3. The summed E-state index contributed by atoms with van der Waals surface area (Å²) in [6.45, 7) is 1.74. The van der Waals surface area contributed by atoms with Gasteiger partial charge in [-0.25, -0.2) is 9.97 Å². The molecule has 0 unspecified atom stereocenters. The maximum Gasteiger partial charge on any atom is 0.211 e. The topological polar surface area (TPSA) is 61.3 Å². The fraction of sp³-hybridized carbons (Fsp3) is 0.214. The van der Waals surface area contributed by atoms with Gasteiger partial charge in [0.25, 0.3) is 0 Å². The average Bonchev–Trinajstić information content (AvgIpc) is 2.45. The van der Waals surface area contributed by atoms with Gasteiger partial charge in [-0.05, 0) is 25.1 Å². The number of methoxy groups -OCH3 is 2. The summed E-state index contributed by atoms with van der Waals surface area (Å²) in [5, 5.41) is 0. The number of ether oxygens (including phenoxy) is 2. The van der Waals surface area contributed by atoms with Crippen LogP contribution in [0.2, 0.25) is 0 Å². The van der Waals surface area contributed by atoms with E-state index in [4.69, 9.17) is 9.47 Å². The van der Waals surface area contributed by atoms with Gasteiger partial charge in [0.15, 0.2) is 0 Å². The first-order chi connectivity index (χ1) is 9.13. The molecule has 0 saturated carbocycles. The number of carbonyl (C=O) groups excluding carboxylic acids is 1. The first-order valence-electron chi connectivity index (χ1n) is 5.71. The summed E-state index contributed by atoms with van der Waals surface area (Å²) in [4.78, 5) is 20.4. The zero-order valence-electron chi connectivity index (χ0n) is 11.0. The van der Waals surface area contributed by atoms with Crippen LogP contribution in [-0.2, 0) is 0 Å². The Kier molecular flexibility index (Phi) is 3.75. The van der Waals surface area contributed by atoms with Crippen LogP contribution in [0, 0.1) is 6.92 Å². The number of hydrogen-bond acceptors (Lipinski definition) is 5. The molecular formula is C14H14N2O3. The van der Waals surface area contributed by atoms with Crippen molar-refractivity contribution in [3.63, 3.8) is 0 Å². The number of benzene rings is 1. The highest BCUT2D eigenvalue weighted by Crippen LogP contribution is 2.23. The lowest BCUT2D eigenvalue weighted by atomic mass is 10.1. The Morgan fingerprint density at radius 1 is 1.11 bits per heavy atom. The lowest BCUT2D eigenvalue weighted by molar-refractivity contribution is 0.103. The third-order valence-electron chi connectivity index (χ3n) is 2.62. The predicted molar refractivity (Wildman–Crippen MR) is 69.7 cm³/mol. The lowest BCUT2D eigenvalue weighted by Crippen LogP contribution is -2.06. The molecule has 19 heavy (non-hydrogen) atoms. The average molecular weight is 258 g/mol. The van der Waals surface area contributed by atoms with E-state index in [0.29, 0.717) is 28.6 Å². The van der Waals surface area contributed by atoms with Crippen molar-refractivity contribution in [1.82, 2.24) is 9.97 Å². The molecular weight excluding hydrogens is 244 g/mol. The minimum absolute atomic E-state index is 0.192. The minimum atomic E-state index is -0.192. The van der Waals surface area contributed by atoms with Gasteiger partial charge in [0.05, 0.1) is 14.2 Å². The molecule has 0 amide bonds. The second-order valence-corrected chi connectivity index (χ2v) is 3.92. The second kappa shape index (κ2) is 5.48. The number of hydrogen-bond donors (Lipinski definition) is 0. The smallest absolute Gasteiger partial charge is 0.211 e. The predicted octanol–water partition coefficient (Wildman–Crippen LogP) is 2.03. The monoisotopic (exact) mass is 258 g/mol. The summed E-state index contributed by atoms with van der Waals surface area (Å²) in [5.74, 6) is 1.49. The Morgan fingerprint density at radius 3 is 2.26 bits per heavy atom. The summed E-state index contributed by atoms with van der Waals surface area (Å²) in [7, 11) is 3.08. The maximum atomic E-state index is 12.3. The van der Waals surface area contributed by atoms with Gasteiger partial charge in [0, 0.05) is 17.8 Å². The SMILES string of the molecule is COc1cc(OC)cc(C(=O)c2ccnc(C)n2)c1. The van der Waals surface area contributed by atoms with Gasteiger partial charge < -0.3 is 9.47 Å². The largest absolute Gasteiger partial charge is 0.497 e. The van der Waals surface area contributed by atoms with Crippen LogP contribution in [-0.4, -0.2) is 30.0 Å². The van der Waals surface area contributed by atoms with Crippen LogP contribution in [0.3, 0.4) is 0 Å². The summed E-state index contributed by atoms with van der Waals surface area (Å²) in [6, 6.07) is 6.61. The number of aromatic nitrogens is 2.